The average Bonchev–Trinajstić information content (AvgIpc) is 2.51. The van der Waals surface area contributed by atoms with Crippen molar-refractivity contribution in [3.05, 3.63) is 22.3 Å². The van der Waals surface area contributed by atoms with Crippen molar-refractivity contribution in [2.24, 2.45) is 0 Å². The van der Waals surface area contributed by atoms with E-state index >= 15 is 0 Å². The van der Waals surface area contributed by atoms with Gasteiger partial charge >= 0.3 is 0 Å². The predicted octanol–water partition coefficient (Wildman–Crippen LogP) is 3.13. The van der Waals surface area contributed by atoms with E-state index < -0.39 is 0 Å². The van der Waals surface area contributed by atoms with E-state index in [4.69, 9.17) is 0 Å². The lowest BCUT2D eigenvalue weighted by molar-refractivity contribution is 0.928. The zero-order chi connectivity index (χ0) is 10.1. The van der Waals surface area contributed by atoms with E-state index in [0.717, 1.165) is 23.4 Å². The van der Waals surface area contributed by atoms with Gasteiger partial charge in [0.15, 0.2) is 0 Å². The summed E-state index contributed by atoms with van der Waals surface area (Å²) in [6, 6.07) is 2.11. The number of aromatic nitrogens is 1. The minimum absolute atomic E-state index is 0.618. The maximum absolute atomic E-state index is 4.45. The molecule has 0 radical (unpaired) electrons. The number of alkyl halides is 1. The molecule has 1 fully saturated rings. The lowest BCUT2D eigenvalue weighted by Crippen LogP contribution is -2.21. The highest BCUT2D eigenvalue weighted by Crippen LogP contribution is 2.26. The third kappa shape index (κ3) is 2.11. The first-order valence-electron chi connectivity index (χ1n) is 4.68. The van der Waals surface area contributed by atoms with Gasteiger partial charge in [0, 0.05) is 28.6 Å². The summed E-state index contributed by atoms with van der Waals surface area (Å²) >= 11 is 7.06. The van der Waals surface area contributed by atoms with Gasteiger partial charge in [0.25, 0.3) is 0 Å². The summed E-state index contributed by atoms with van der Waals surface area (Å²) in [5.41, 5.74) is 1.24. The van der Waals surface area contributed by atoms with E-state index in [1.807, 2.05) is 6.20 Å². The van der Waals surface area contributed by atoms with Gasteiger partial charge in [-0.25, -0.2) is 4.98 Å². The molecule has 0 N–H and O–H groups in total. The average molecular weight is 320 g/mol. The van der Waals surface area contributed by atoms with Gasteiger partial charge in [-0.3, -0.25) is 0 Å². The van der Waals surface area contributed by atoms with Crippen LogP contribution in [0.25, 0.3) is 0 Å². The van der Waals surface area contributed by atoms with Gasteiger partial charge < -0.3 is 4.90 Å². The molecule has 2 heterocycles. The molecule has 1 aromatic heterocycles. The molecule has 1 saturated heterocycles. The van der Waals surface area contributed by atoms with Crippen LogP contribution in [0.15, 0.2) is 16.7 Å². The molecule has 4 heteroatoms. The summed E-state index contributed by atoms with van der Waals surface area (Å²) in [5, 5.41) is 0. The van der Waals surface area contributed by atoms with Gasteiger partial charge in [-0.05, 0) is 40.9 Å². The van der Waals surface area contributed by atoms with Crippen molar-refractivity contribution in [1.29, 1.82) is 0 Å². The van der Waals surface area contributed by atoms with E-state index in [2.05, 4.69) is 54.7 Å². The molecule has 2 rings (SSSR count). The predicted molar refractivity (Wildman–Crippen MR) is 66.2 cm³/mol. The van der Waals surface area contributed by atoms with Gasteiger partial charge in [-0.15, -0.1) is 0 Å². The SMILES string of the molecule is Cc1cc(Br)cnc1N1CCC(Br)C1. The van der Waals surface area contributed by atoms with Crippen molar-refractivity contribution in [3.63, 3.8) is 0 Å². The van der Waals surface area contributed by atoms with E-state index in [1.165, 1.54) is 12.0 Å². The highest BCUT2D eigenvalue weighted by Gasteiger charge is 2.22. The Morgan fingerprint density at radius 2 is 2.36 bits per heavy atom. The number of halogens is 2. The van der Waals surface area contributed by atoms with Gasteiger partial charge in [-0.1, -0.05) is 15.9 Å². The quantitative estimate of drug-likeness (QED) is 0.739. The van der Waals surface area contributed by atoms with E-state index in [-0.39, 0.29) is 0 Å². The monoisotopic (exact) mass is 318 g/mol. The summed E-state index contributed by atoms with van der Waals surface area (Å²) < 4.78 is 1.05. The van der Waals surface area contributed by atoms with Crippen molar-refractivity contribution in [1.82, 2.24) is 4.98 Å². The molecule has 1 unspecified atom stereocenters. The molecule has 14 heavy (non-hydrogen) atoms. The molecule has 1 aliphatic heterocycles. The van der Waals surface area contributed by atoms with Gasteiger partial charge in [0.2, 0.25) is 0 Å². The molecular formula is C10H12Br2N2. The standard InChI is InChI=1S/C10H12Br2N2/c1-7-4-9(12)5-13-10(7)14-3-2-8(11)6-14/h4-5,8H,2-3,6H2,1H3. The van der Waals surface area contributed by atoms with Crippen molar-refractivity contribution < 1.29 is 0 Å². The summed E-state index contributed by atoms with van der Waals surface area (Å²) in [5.74, 6) is 1.12. The number of anilines is 1. The highest BCUT2D eigenvalue weighted by molar-refractivity contribution is 9.10. The van der Waals surface area contributed by atoms with Crippen molar-refractivity contribution in [2.45, 2.75) is 18.2 Å². The highest BCUT2D eigenvalue weighted by atomic mass is 79.9. The third-order valence-corrected chi connectivity index (χ3v) is 3.63. The van der Waals surface area contributed by atoms with Crippen LogP contribution in [0.1, 0.15) is 12.0 Å². The summed E-state index contributed by atoms with van der Waals surface area (Å²) in [7, 11) is 0. The molecule has 0 amide bonds. The Hall–Kier alpha value is -0.0900. The van der Waals surface area contributed by atoms with Crippen molar-refractivity contribution >= 4 is 37.7 Å². The molecule has 1 atom stereocenters. The second-order valence-corrected chi connectivity index (χ2v) is 5.84. The van der Waals surface area contributed by atoms with Crippen molar-refractivity contribution in [2.75, 3.05) is 18.0 Å². The first-order chi connectivity index (χ1) is 6.66. The summed E-state index contributed by atoms with van der Waals surface area (Å²) in [6.07, 6.45) is 3.07. The lowest BCUT2D eigenvalue weighted by atomic mass is 10.3. The fourth-order valence-corrected chi connectivity index (χ4v) is 2.77. The minimum Gasteiger partial charge on any atom is -0.355 e. The second-order valence-electron chi connectivity index (χ2n) is 3.63. The fourth-order valence-electron chi connectivity index (χ4n) is 1.77. The van der Waals surface area contributed by atoms with Gasteiger partial charge in [0.05, 0.1) is 0 Å². The van der Waals surface area contributed by atoms with Crippen LogP contribution < -0.4 is 4.90 Å². The fraction of sp³-hybridized carbons (Fsp3) is 0.500. The first-order valence-corrected chi connectivity index (χ1v) is 6.39. The van der Waals surface area contributed by atoms with Crippen LogP contribution in [0.5, 0.6) is 0 Å². The Morgan fingerprint density at radius 3 is 2.93 bits per heavy atom. The van der Waals surface area contributed by atoms with Crippen LogP contribution in [-0.2, 0) is 0 Å². The molecule has 1 aliphatic rings. The van der Waals surface area contributed by atoms with Crippen LogP contribution in [0, 0.1) is 6.92 Å². The maximum atomic E-state index is 4.45. The van der Waals surface area contributed by atoms with E-state index in [9.17, 15) is 0 Å². The number of aryl methyl sites for hydroxylation is 1. The van der Waals surface area contributed by atoms with Crippen LogP contribution in [0.3, 0.4) is 0 Å². The molecule has 1 aromatic rings. The number of hydrogen-bond donors (Lipinski definition) is 0. The molecule has 0 spiro atoms. The Labute approximate surface area is 101 Å². The molecule has 0 bridgehead atoms. The zero-order valence-corrected chi connectivity index (χ0v) is 11.2. The maximum Gasteiger partial charge on any atom is 0.131 e. The Kier molecular flexibility index (Phi) is 3.12. The Bertz CT molecular complexity index is 341. The minimum atomic E-state index is 0.618. The topological polar surface area (TPSA) is 16.1 Å². The van der Waals surface area contributed by atoms with E-state index in [0.29, 0.717) is 4.83 Å². The Morgan fingerprint density at radius 1 is 1.57 bits per heavy atom. The van der Waals surface area contributed by atoms with Gasteiger partial charge in [-0.2, -0.15) is 0 Å². The molecule has 2 nitrogen and oxygen atoms in total. The van der Waals surface area contributed by atoms with Gasteiger partial charge in [0.1, 0.15) is 5.82 Å². The molecule has 0 aliphatic carbocycles. The van der Waals surface area contributed by atoms with E-state index in [1.54, 1.807) is 0 Å². The molecule has 0 saturated carbocycles. The molecular weight excluding hydrogens is 308 g/mol. The number of nitrogens with zero attached hydrogens (tertiary/aromatic N) is 2. The van der Waals surface area contributed by atoms with Crippen LogP contribution in [0.4, 0.5) is 5.82 Å². The lowest BCUT2D eigenvalue weighted by Gasteiger charge is -2.18. The summed E-state index contributed by atoms with van der Waals surface area (Å²) in [4.78, 5) is 7.40. The van der Waals surface area contributed by atoms with Crippen LogP contribution >= 0.6 is 31.9 Å². The smallest absolute Gasteiger partial charge is 0.131 e. The summed E-state index contributed by atoms with van der Waals surface area (Å²) in [6.45, 7) is 4.27. The normalized spacial score (nSPS) is 21.6. The Balaban J connectivity index is 2.24. The first kappa shape index (κ1) is 10.4. The number of rotatable bonds is 1. The third-order valence-electron chi connectivity index (χ3n) is 2.45. The number of pyridine rings is 1. The molecule has 76 valence electrons. The zero-order valence-electron chi connectivity index (χ0n) is 8.00. The number of hydrogen-bond acceptors (Lipinski definition) is 2. The molecule has 0 aromatic carbocycles. The largest absolute Gasteiger partial charge is 0.355 e. The second kappa shape index (κ2) is 4.19. The van der Waals surface area contributed by atoms with Crippen molar-refractivity contribution in [3.8, 4) is 0 Å². The van der Waals surface area contributed by atoms with Crippen LogP contribution in [0.2, 0.25) is 0 Å². The van der Waals surface area contributed by atoms with Crippen LogP contribution in [-0.4, -0.2) is 22.9 Å².